The van der Waals surface area contributed by atoms with E-state index in [4.69, 9.17) is 0 Å². The molecule has 0 aliphatic carbocycles. The van der Waals surface area contributed by atoms with E-state index in [1.807, 2.05) is 32.9 Å². The van der Waals surface area contributed by atoms with Gasteiger partial charge >= 0.3 is 0 Å². The van der Waals surface area contributed by atoms with Crippen molar-refractivity contribution in [3.63, 3.8) is 0 Å². The van der Waals surface area contributed by atoms with Crippen molar-refractivity contribution in [2.45, 2.75) is 39.5 Å². The summed E-state index contributed by atoms with van der Waals surface area (Å²) in [6.45, 7) is 9.30. The molecule has 4 rings (SSSR count). The van der Waals surface area contributed by atoms with Crippen LogP contribution in [0.25, 0.3) is 5.82 Å². The number of benzene rings is 1. The molecule has 0 atom stereocenters. The van der Waals surface area contributed by atoms with Gasteiger partial charge in [0.1, 0.15) is 4.90 Å². The van der Waals surface area contributed by atoms with Gasteiger partial charge in [-0.25, -0.2) is 13.1 Å². The van der Waals surface area contributed by atoms with Crippen LogP contribution in [0, 0.1) is 34.6 Å². The van der Waals surface area contributed by atoms with E-state index in [2.05, 4.69) is 35.5 Å². The lowest BCUT2D eigenvalue weighted by molar-refractivity contribution is 0.600. The van der Waals surface area contributed by atoms with Crippen LogP contribution in [0.2, 0.25) is 0 Å². The van der Waals surface area contributed by atoms with Crippen molar-refractivity contribution in [1.82, 2.24) is 30.2 Å². The number of rotatable bonds is 6. The van der Waals surface area contributed by atoms with Crippen LogP contribution in [0.15, 0.2) is 41.3 Å². The van der Waals surface area contributed by atoms with Crippen molar-refractivity contribution < 1.29 is 8.42 Å². The minimum Gasteiger partial charge on any atom is -0.339 e. The molecule has 32 heavy (non-hydrogen) atoms. The zero-order valence-electron chi connectivity index (χ0n) is 18.4. The fourth-order valence-corrected chi connectivity index (χ4v) is 4.79. The van der Waals surface area contributed by atoms with E-state index < -0.39 is 10.0 Å². The highest BCUT2D eigenvalue weighted by atomic mass is 32.2. The van der Waals surface area contributed by atoms with Crippen LogP contribution in [0.5, 0.6) is 0 Å². The third-order valence-corrected chi connectivity index (χ3v) is 6.90. The lowest BCUT2D eigenvalue weighted by Crippen LogP contribution is -2.14. The fraction of sp³-hybridized carbons (Fsp3) is 0.238. The minimum atomic E-state index is -3.73. The summed E-state index contributed by atoms with van der Waals surface area (Å²) in [5.74, 6) is 1.20. The van der Waals surface area contributed by atoms with Gasteiger partial charge in [-0.1, -0.05) is 0 Å². The van der Waals surface area contributed by atoms with Crippen LogP contribution in [-0.4, -0.2) is 38.6 Å². The minimum absolute atomic E-state index is 0.160. The molecule has 1 aromatic carbocycles. The van der Waals surface area contributed by atoms with Crippen molar-refractivity contribution in [1.29, 1.82) is 0 Å². The normalized spacial score (nSPS) is 11.5. The number of hydrogen-bond acceptors (Lipinski definition) is 7. The van der Waals surface area contributed by atoms with Crippen molar-refractivity contribution in [2.75, 3.05) is 10.0 Å². The molecule has 166 valence electrons. The smallest absolute Gasteiger partial charge is 0.265 e. The number of nitrogens with zero attached hydrogens (tertiary/aromatic N) is 5. The van der Waals surface area contributed by atoms with Crippen LogP contribution < -0.4 is 10.0 Å². The molecule has 0 aliphatic rings. The van der Waals surface area contributed by atoms with Gasteiger partial charge in [-0.05, 0) is 76.6 Å². The Balaban J connectivity index is 1.46. The maximum atomic E-state index is 12.7. The summed E-state index contributed by atoms with van der Waals surface area (Å²) in [5.41, 5.74) is 5.21. The predicted molar refractivity (Wildman–Crippen MR) is 122 cm³/mol. The monoisotopic (exact) mass is 452 g/mol. The largest absolute Gasteiger partial charge is 0.339 e. The molecule has 0 fully saturated rings. The third-order valence-electron chi connectivity index (χ3n) is 5.26. The summed E-state index contributed by atoms with van der Waals surface area (Å²) < 4.78 is 29.7. The Morgan fingerprint density at radius 2 is 1.56 bits per heavy atom. The summed E-state index contributed by atoms with van der Waals surface area (Å²) in [5, 5.41) is 22.8. The molecule has 11 heteroatoms. The van der Waals surface area contributed by atoms with Crippen LogP contribution in [0.4, 0.5) is 17.2 Å². The first-order valence-corrected chi connectivity index (χ1v) is 11.4. The number of aryl methyl sites for hydroxylation is 3. The summed E-state index contributed by atoms with van der Waals surface area (Å²) in [7, 11) is -3.73. The Morgan fingerprint density at radius 3 is 2.09 bits per heavy atom. The molecule has 0 radical (unpaired) electrons. The van der Waals surface area contributed by atoms with Crippen LogP contribution in [0.3, 0.4) is 0 Å². The number of anilines is 3. The summed E-state index contributed by atoms with van der Waals surface area (Å²) in [4.78, 5) is 0.160. The molecule has 3 aromatic heterocycles. The van der Waals surface area contributed by atoms with Crippen LogP contribution in [0.1, 0.15) is 28.3 Å². The average molecular weight is 453 g/mol. The van der Waals surface area contributed by atoms with Crippen LogP contribution >= 0.6 is 0 Å². The zero-order valence-corrected chi connectivity index (χ0v) is 19.2. The van der Waals surface area contributed by atoms with Gasteiger partial charge in [0, 0.05) is 17.1 Å². The molecule has 0 amide bonds. The fourth-order valence-electron chi connectivity index (χ4n) is 3.36. The Kier molecular flexibility index (Phi) is 5.43. The Morgan fingerprint density at radius 1 is 0.875 bits per heavy atom. The second-order valence-electron chi connectivity index (χ2n) is 7.56. The van der Waals surface area contributed by atoms with Gasteiger partial charge in [-0.15, -0.1) is 10.2 Å². The average Bonchev–Trinajstić information content (AvgIpc) is 3.23. The van der Waals surface area contributed by atoms with E-state index in [0.29, 0.717) is 28.7 Å². The summed E-state index contributed by atoms with van der Waals surface area (Å²) in [6.07, 6.45) is 0. The van der Waals surface area contributed by atoms with Crippen molar-refractivity contribution in [2.24, 2.45) is 0 Å². The topological polar surface area (TPSA) is 130 Å². The van der Waals surface area contributed by atoms with Gasteiger partial charge < -0.3 is 5.32 Å². The predicted octanol–water partition coefficient (Wildman–Crippen LogP) is 3.47. The standard InChI is InChI=1S/C21H24N8O2S/c1-12-13(2)27-29(16(12)5)20-11-10-19(25-26-20)22-17-6-8-18(9-7-17)28-32(30,31)21-14(3)23-24-15(21)4/h6-11,28H,1-5H3,(H,22,25)(H,23,24). The second kappa shape index (κ2) is 8.08. The van der Waals surface area contributed by atoms with E-state index in [9.17, 15) is 8.42 Å². The lowest BCUT2D eigenvalue weighted by atomic mass is 10.2. The van der Waals surface area contributed by atoms with E-state index in [1.54, 1.807) is 42.8 Å². The van der Waals surface area contributed by atoms with Gasteiger partial charge in [-0.2, -0.15) is 10.2 Å². The molecule has 0 saturated carbocycles. The Hall–Kier alpha value is -3.73. The second-order valence-corrected chi connectivity index (χ2v) is 9.17. The summed E-state index contributed by atoms with van der Waals surface area (Å²) in [6, 6.07) is 10.5. The van der Waals surface area contributed by atoms with Crippen molar-refractivity contribution in [3.8, 4) is 5.82 Å². The van der Waals surface area contributed by atoms with E-state index in [-0.39, 0.29) is 4.90 Å². The number of sulfonamides is 1. The Bertz CT molecular complexity index is 1350. The van der Waals surface area contributed by atoms with Gasteiger partial charge in [0.05, 0.1) is 17.1 Å². The molecule has 0 aliphatic heterocycles. The van der Waals surface area contributed by atoms with Crippen LogP contribution in [-0.2, 0) is 10.0 Å². The first-order valence-electron chi connectivity index (χ1n) is 9.94. The SMILES string of the molecule is Cc1nn(-c2ccc(Nc3ccc(NS(=O)(=O)c4c(C)n[nH]c4C)cc3)nn2)c(C)c1C. The number of H-pyrrole nitrogens is 1. The van der Waals surface area contributed by atoms with Crippen molar-refractivity contribution >= 4 is 27.2 Å². The number of nitrogens with one attached hydrogen (secondary N) is 3. The molecule has 10 nitrogen and oxygen atoms in total. The number of aromatic nitrogens is 6. The maximum Gasteiger partial charge on any atom is 0.265 e. The molecule has 0 saturated heterocycles. The van der Waals surface area contributed by atoms with Gasteiger partial charge in [0.25, 0.3) is 10.0 Å². The molecular formula is C21H24N8O2S. The van der Waals surface area contributed by atoms with Gasteiger partial charge in [-0.3, -0.25) is 9.82 Å². The highest BCUT2D eigenvalue weighted by molar-refractivity contribution is 7.92. The van der Waals surface area contributed by atoms with E-state index >= 15 is 0 Å². The first kappa shape index (κ1) is 21.5. The van der Waals surface area contributed by atoms with E-state index in [1.165, 1.54) is 0 Å². The van der Waals surface area contributed by atoms with E-state index in [0.717, 1.165) is 22.6 Å². The van der Waals surface area contributed by atoms with Crippen molar-refractivity contribution in [3.05, 3.63) is 64.7 Å². The molecular weight excluding hydrogens is 428 g/mol. The quantitative estimate of drug-likeness (QED) is 0.408. The van der Waals surface area contributed by atoms with Gasteiger partial charge in [0.15, 0.2) is 11.6 Å². The number of aromatic amines is 1. The van der Waals surface area contributed by atoms with Gasteiger partial charge in [0.2, 0.25) is 0 Å². The molecule has 3 N–H and O–H groups in total. The molecule has 4 aromatic rings. The Labute approximate surface area is 186 Å². The zero-order chi connectivity index (χ0) is 23.0. The molecule has 0 bridgehead atoms. The molecule has 3 heterocycles. The third kappa shape index (κ3) is 4.06. The molecule has 0 spiro atoms. The highest BCUT2D eigenvalue weighted by Crippen LogP contribution is 2.23. The number of hydrogen-bond donors (Lipinski definition) is 3. The first-order chi connectivity index (χ1) is 15.2. The summed E-state index contributed by atoms with van der Waals surface area (Å²) >= 11 is 0. The lowest BCUT2D eigenvalue weighted by Gasteiger charge is -2.10. The molecule has 0 unspecified atom stereocenters. The highest BCUT2D eigenvalue weighted by Gasteiger charge is 2.22. The maximum absolute atomic E-state index is 12.7.